The van der Waals surface area contributed by atoms with E-state index >= 15 is 0 Å². The second kappa shape index (κ2) is 5.53. The Morgan fingerprint density at radius 3 is 2.50 bits per heavy atom. The van der Waals surface area contributed by atoms with Crippen molar-refractivity contribution >= 4 is 22.3 Å². The van der Waals surface area contributed by atoms with Crippen LogP contribution in [-0.2, 0) is 19.7 Å². The van der Waals surface area contributed by atoms with Crippen LogP contribution in [0.4, 0.5) is 4.79 Å². The molecule has 0 aromatic carbocycles. The number of carboxylic acids is 1. The van der Waals surface area contributed by atoms with E-state index in [0.717, 1.165) is 4.31 Å². The molecule has 0 radical (unpaired) electrons. The van der Waals surface area contributed by atoms with Gasteiger partial charge in [-0.2, -0.15) is 12.7 Å². The zero-order valence-electron chi connectivity index (χ0n) is 10.1. The van der Waals surface area contributed by atoms with Gasteiger partial charge in [-0.1, -0.05) is 6.92 Å². The molecule has 8 nitrogen and oxygen atoms in total. The van der Waals surface area contributed by atoms with Gasteiger partial charge in [-0.25, -0.2) is 9.52 Å². The molecule has 104 valence electrons. The summed E-state index contributed by atoms with van der Waals surface area (Å²) in [5.41, 5.74) is 0. The van der Waals surface area contributed by atoms with Crippen molar-refractivity contribution in [3.8, 4) is 0 Å². The van der Waals surface area contributed by atoms with Gasteiger partial charge in [-0.3, -0.25) is 4.79 Å². The second-order valence-electron chi connectivity index (χ2n) is 4.07. The van der Waals surface area contributed by atoms with Crippen LogP contribution in [0.25, 0.3) is 0 Å². The fourth-order valence-corrected chi connectivity index (χ4v) is 2.96. The first-order valence-corrected chi connectivity index (χ1v) is 6.89. The van der Waals surface area contributed by atoms with Crippen LogP contribution in [0.15, 0.2) is 0 Å². The molecular weight excluding hydrogens is 264 g/mol. The number of nitrogens with one attached hydrogen (secondary N) is 1. The minimum absolute atomic E-state index is 0.0511. The van der Waals surface area contributed by atoms with Crippen molar-refractivity contribution < 1.29 is 27.9 Å². The third-order valence-corrected chi connectivity index (χ3v) is 4.13. The highest BCUT2D eigenvalue weighted by Gasteiger charge is 2.40. The summed E-state index contributed by atoms with van der Waals surface area (Å²) in [6.07, 6.45) is -1.07. The summed E-state index contributed by atoms with van der Waals surface area (Å²) in [5, 5.41) is 8.90. The number of amides is 1. The van der Waals surface area contributed by atoms with Crippen molar-refractivity contribution in [2.45, 2.75) is 13.8 Å². The molecule has 0 aromatic heterocycles. The van der Waals surface area contributed by atoms with Gasteiger partial charge in [0.25, 0.3) is 0 Å². The van der Waals surface area contributed by atoms with Gasteiger partial charge in [-0.15, -0.1) is 0 Å². The van der Waals surface area contributed by atoms with Crippen LogP contribution in [0, 0.1) is 11.8 Å². The fraction of sp³-hybridized carbons (Fsp3) is 0.778. The van der Waals surface area contributed by atoms with Crippen molar-refractivity contribution in [2.75, 3.05) is 19.7 Å². The Hall–Kier alpha value is -1.35. The summed E-state index contributed by atoms with van der Waals surface area (Å²) < 4.78 is 30.6. The molecule has 2 atom stereocenters. The van der Waals surface area contributed by atoms with E-state index in [1.165, 1.54) is 0 Å². The highest BCUT2D eigenvalue weighted by molar-refractivity contribution is 7.87. The maximum atomic E-state index is 11.8. The van der Waals surface area contributed by atoms with E-state index in [-0.39, 0.29) is 25.6 Å². The average Bonchev–Trinajstić information content (AvgIpc) is 2.60. The van der Waals surface area contributed by atoms with Gasteiger partial charge >= 0.3 is 22.3 Å². The van der Waals surface area contributed by atoms with Crippen LogP contribution in [0.2, 0.25) is 0 Å². The molecule has 9 heteroatoms. The van der Waals surface area contributed by atoms with Gasteiger partial charge in [0.05, 0.1) is 12.5 Å². The molecule has 1 rings (SSSR count). The Balaban J connectivity index is 2.71. The molecule has 2 unspecified atom stereocenters. The number of hydrogen-bond donors (Lipinski definition) is 2. The topological polar surface area (TPSA) is 113 Å². The van der Waals surface area contributed by atoms with Crippen LogP contribution < -0.4 is 4.72 Å². The predicted octanol–water partition coefficient (Wildman–Crippen LogP) is -0.370. The number of hydrogen-bond acceptors (Lipinski definition) is 5. The van der Waals surface area contributed by atoms with E-state index in [1.54, 1.807) is 18.6 Å². The van der Waals surface area contributed by atoms with Gasteiger partial charge in [-0.05, 0) is 12.8 Å². The van der Waals surface area contributed by atoms with Crippen molar-refractivity contribution in [1.82, 2.24) is 9.03 Å². The summed E-state index contributed by atoms with van der Waals surface area (Å²) in [6, 6.07) is 0. The number of nitrogens with zero attached hydrogens (tertiary/aromatic N) is 1. The molecule has 1 heterocycles. The Labute approximate surface area is 105 Å². The summed E-state index contributed by atoms with van der Waals surface area (Å²) in [5.74, 6) is -2.11. The van der Waals surface area contributed by atoms with Crippen LogP contribution in [0.3, 0.4) is 0 Å². The first-order valence-electron chi connectivity index (χ1n) is 5.45. The van der Waals surface area contributed by atoms with Gasteiger partial charge < -0.3 is 9.84 Å². The monoisotopic (exact) mass is 280 g/mol. The number of carbonyl (C=O) groups is 2. The van der Waals surface area contributed by atoms with Gasteiger partial charge in [0, 0.05) is 13.1 Å². The molecule has 2 N–H and O–H groups in total. The lowest BCUT2D eigenvalue weighted by atomic mass is 9.99. The molecule has 0 bridgehead atoms. The lowest BCUT2D eigenvalue weighted by Gasteiger charge is -2.15. The van der Waals surface area contributed by atoms with E-state index in [4.69, 9.17) is 5.11 Å². The molecule has 0 aromatic rings. The number of carbonyl (C=O) groups excluding carboxylic acids is 1. The smallest absolute Gasteiger partial charge is 0.421 e. The lowest BCUT2D eigenvalue weighted by Crippen LogP contribution is -2.43. The average molecular weight is 280 g/mol. The summed E-state index contributed by atoms with van der Waals surface area (Å²) >= 11 is 0. The Morgan fingerprint density at radius 1 is 1.44 bits per heavy atom. The van der Waals surface area contributed by atoms with Gasteiger partial charge in [0.1, 0.15) is 0 Å². The third-order valence-electron chi connectivity index (χ3n) is 2.72. The number of aliphatic carboxylic acids is 1. The standard InChI is InChI=1S/C9H16N2O6S/c1-3-17-9(14)10-18(15,16)11-4-6(2)7(5-11)8(12)13/h6-7H,3-5H2,1-2H3,(H,10,14)(H,12,13). The highest BCUT2D eigenvalue weighted by Crippen LogP contribution is 2.24. The first kappa shape index (κ1) is 14.7. The van der Waals surface area contributed by atoms with Crippen LogP contribution in [-0.4, -0.2) is 49.6 Å². The third kappa shape index (κ3) is 3.33. The molecule has 18 heavy (non-hydrogen) atoms. The van der Waals surface area contributed by atoms with Crippen molar-refractivity contribution in [1.29, 1.82) is 0 Å². The number of carboxylic acid groups (broad SMARTS) is 1. The predicted molar refractivity (Wildman–Crippen MR) is 60.9 cm³/mol. The van der Waals surface area contributed by atoms with Crippen molar-refractivity contribution in [2.24, 2.45) is 11.8 Å². The van der Waals surface area contributed by atoms with Crippen LogP contribution in [0.1, 0.15) is 13.8 Å². The lowest BCUT2D eigenvalue weighted by molar-refractivity contribution is -0.142. The van der Waals surface area contributed by atoms with E-state index in [1.807, 2.05) is 0 Å². The molecule has 1 fully saturated rings. The minimum Gasteiger partial charge on any atom is -0.481 e. The van der Waals surface area contributed by atoms with Crippen molar-refractivity contribution in [3.63, 3.8) is 0 Å². The quantitative estimate of drug-likeness (QED) is 0.726. The molecule has 0 spiro atoms. The SMILES string of the molecule is CCOC(=O)NS(=O)(=O)N1CC(C)C(C(=O)O)C1. The molecule has 1 aliphatic heterocycles. The summed E-state index contributed by atoms with van der Waals surface area (Å²) in [7, 11) is -4.04. The Morgan fingerprint density at radius 2 is 2.06 bits per heavy atom. The molecule has 0 saturated carbocycles. The van der Waals surface area contributed by atoms with Crippen molar-refractivity contribution in [3.05, 3.63) is 0 Å². The van der Waals surface area contributed by atoms with Crippen LogP contribution in [0.5, 0.6) is 0 Å². The highest BCUT2D eigenvalue weighted by atomic mass is 32.2. The van der Waals surface area contributed by atoms with Gasteiger partial charge in [0.2, 0.25) is 0 Å². The second-order valence-corrected chi connectivity index (χ2v) is 5.74. The maximum absolute atomic E-state index is 11.8. The van der Waals surface area contributed by atoms with E-state index in [0.29, 0.717) is 0 Å². The van der Waals surface area contributed by atoms with E-state index < -0.39 is 28.2 Å². The normalized spacial score (nSPS) is 24.8. The van der Waals surface area contributed by atoms with E-state index in [2.05, 4.69) is 4.74 Å². The number of ether oxygens (including phenoxy) is 1. The largest absolute Gasteiger partial charge is 0.481 e. The Kier molecular flexibility index (Phi) is 4.52. The zero-order valence-corrected chi connectivity index (χ0v) is 10.9. The molecule has 1 aliphatic rings. The first-order chi connectivity index (χ1) is 8.27. The van der Waals surface area contributed by atoms with Crippen LogP contribution >= 0.6 is 0 Å². The summed E-state index contributed by atoms with van der Waals surface area (Å²) in [4.78, 5) is 21.9. The molecule has 1 amide bonds. The van der Waals surface area contributed by atoms with Gasteiger partial charge in [0.15, 0.2) is 0 Å². The number of rotatable bonds is 4. The van der Waals surface area contributed by atoms with E-state index in [9.17, 15) is 18.0 Å². The zero-order chi connectivity index (χ0) is 13.9. The summed E-state index contributed by atoms with van der Waals surface area (Å²) in [6.45, 7) is 3.16. The minimum atomic E-state index is -4.04. The fourth-order valence-electron chi connectivity index (χ4n) is 1.77. The Bertz CT molecular complexity index is 434. The molecule has 0 aliphatic carbocycles. The maximum Gasteiger partial charge on any atom is 0.421 e. The molecule has 1 saturated heterocycles. The molecular formula is C9H16N2O6S.